The Hall–Kier alpha value is -1.72. The molecule has 120 valence electrons. The van der Waals surface area contributed by atoms with Crippen LogP contribution in [0.25, 0.3) is 0 Å². The summed E-state index contributed by atoms with van der Waals surface area (Å²) in [5, 5.41) is 3.23. The van der Waals surface area contributed by atoms with Crippen molar-refractivity contribution in [1.29, 1.82) is 0 Å². The van der Waals surface area contributed by atoms with Gasteiger partial charge in [-0.05, 0) is 19.3 Å². The molecule has 0 amide bonds. The van der Waals surface area contributed by atoms with Crippen molar-refractivity contribution in [3.63, 3.8) is 0 Å². The van der Waals surface area contributed by atoms with Crippen molar-refractivity contribution in [2.24, 2.45) is 13.0 Å². The smallest absolute Gasteiger partial charge is 0.332 e. The molecule has 0 bridgehead atoms. The summed E-state index contributed by atoms with van der Waals surface area (Å²) in [4.78, 5) is 24.4. The van der Waals surface area contributed by atoms with Gasteiger partial charge < -0.3 is 11.1 Å². The van der Waals surface area contributed by atoms with Crippen molar-refractivity contribution in [1.82, 2.24) is 9.13 Å². The Morgan fingerprint density at radius 1 is 1.19 bits per heavy atom. The summed E-state index contributed by atoms with van der Waals surface area (Å²) in [5.41, 5.74) is 5.68. The Morgan fingerprint density at radius 3 is 2.24 bits per heavy atom. The van der Waals surface area contributed by atoms with Gasteiger partial charge >= 0.3 is 5.69 Å². The molecule has 1 heterocycles. The van der Waals surface area contributed by atoms with Crippen LogP contribution in [0.4, 0.5) is 11.5 Å². The average molecular weight is 296 g/mol. The maximum atomic E-state index is 12.3. The molecule has 0 radical (unpaired) electrons. The van der Waals surface area contributed by atoms with Gasteiger partial charge in [-0.2, -0.15) is 0 Å². The molecule has 1 aromatic heterocycles. The third kappa shape index (κ3) is 3.49. The molecule has 0 saturated carbocycles. The van der Waals surface area contributed by atoms with E-state index in [2.05, 4.69) is 19.2 Å². The summed E-state index contributed by atoms with van der Waals surface area (Å²) in [6.07, 6.45) is 2.84. The molecule has 1 unspecified atom stereocenters. The van der Waals surface area contributed by atoms with E-state index in [-0.39, 0.29) is 23.1 Å². The third-order valence-corrected chi connectivity index (χ3v) is 4.16. The Kier molecular flexibility index (Phi) is 6.05. The Morgan fingerprint density at radius 2 is 1.76 bits per heavy atom. The molecule has 1 rings (SSSR count). The van der Waals surface area contributed by atoms with Gasteiger partial charge in [-0.15, -0.1) is 0 Å². The summed E-state index contributed by atoms with van der Waals surface area (Å²) in [6, 6.07) is 0.127. The molecule has 21 heavy (non-hydrogen) atoms. The lowest BCUT2D eigenvalue weighted by molar-refractivity contribution is 0.437. The molecule has 0 aliphatic rings. The molecule has 0 saturated heterocycles. The van der Waals surface area contributed by atoms with E-state index in [1.165, 1.54) is 11.6 Å². The zero-order valence-electron chi connectivity index (χ0n) is 13.8. The highest BCUT2D eigenvalue weighted by atomic mass is 16.2. The molecule has 0 aromatic carbocycles. The number of nitrogens with one attached hydrogen (secondary N) is 1. The topological polar surface area (TPSA) is 82.0 Å². The van der Waals surface area contributed by atoms with Gasteiger partial charge in [0.25, 0.3) is 5.56 Å². The highest BCUT2D eigenvalue weighted by Gasteiger charge is 2.19. The van der Waals surface area contributed by atoms with Crippen molar-refractivity contribution in [3.05, 3.63) is 20.8 Å². The first kappa shape index (κ1) is 17.3. The van der Waals surface area contributed by atoms with Crippen molar-refractivity contribution >= 4 is 11.5 Å². The van der Waals surface area contributed by atoms with Gasteiger partial charge in [0, 0.05) is 19.6 Å². The number of nitrogens with two attached hydrogens (primary N) is 1. The van der Waals surface area contributed by atoms with E-state index >= 15 is 0 Å². The second-order valence-corrected chi connectivity index (χ2v) is 5.57. The van der Waals surface area contributed by atoms with Crippen LogP contribution >= 0.6 is 0 Å². The number of hydrogen-bond donors (Lipinski definition) is 2. The lowest BCUT2D eigenvalue weighted by atomic mass is 9.95. The first-order valence-corrected chi connectivity index (χ1v) is 7.74. The van der Waals surface area contributed by atoms with E-state index in [9.17, 15) is 9.59 Å². The average Bonchev–Trinajstić information content (AvgIpc) is 2.47. The highest BCUT2D eigenvalue weighted by molar-refractivity contribution is 5.61. The molecule has 3 N–H and O–H groups in total. The minimum Gasteiger partial charge on any atom is -0.383 e. The highest BCUT2D eigenvalue weighted by Crippen LogP contribution is 2.19. The quantitative estimate of drug-likeness (QED) is 0.803. The van der Waals surface area contributed by atoms with Gasteiger partial charge in [-0.3, -0.25) is 13.9 Å². The minimum atomic E-state index is -0.361. The fraction of sp³-hybridized carbons (Fsp3) is 0.733. The van der Waals surface area contributed by atoms with Crippen LogP contribution in [0.3, 0.4) is 0 Å². The third-order valence-electron chi connectivity index (χ3n) is 4.16. The summed E-state index contributed by atoms with van der Waals surface area (Å²) >= 11 is 0. The molecule has 1 aromatic rings. The Labute approximate surface area is 126 Å². The standard InChI is InChI=1S/C15H28N4O2/c1-6-9-19-13(16)12(14(20)18(5)15(19)21)17-10(4)11(7-2)8-3/h10-11,17H,6-9,16H2,1-5H3. The summed E-state index contributed by atoms with van der Waals surface area (Å²) < 4.78 is 2.58. The second-order valence-electron chi connectivity index (χ2n) is 5.57. The number of rotatable bonds is 7. The van der Waals surface area contributed by atoms with Crippen LogP contribution in [0.2, 0.25) is 0 Å². The largest absolute Gasteiger partial charge is 0.383 e. The van der Waals surface area contributed by atoms with Crippen molar-refractivity contribution < 1.29 is 0 Å². The summed E-state index contributed by atoms with van der Waals surface area (Å²) in [5.74, 6) is 0.698. The summed E-state index contributed by atoms with van der Waals surface area (Å²) in [7, 11) is 1.49. The van der Waals surface area contributed by atoms with Gasteiger partial charge in [-0.1, -0.05) is 33.6 Å². The first-order valence-electron chi connectivity index (χ1n) is 7.74. The predicted molar refractivity (Wildman–Crippen MR) is 87.8 cm³/mol. The van der Waals surface area contributed by atoms with Crippen LogP contribution in [0, 0.1) is 5.92 Å². The number of aromatic nitrogens is 2. The minimum absolute atomic E-state index is 0.127. The van der Waals surface area contributed by atoms with Gasteiger partial charge in [0.15, 0.2) is 0 Å². The maximum absolute atomic E-state index is 12.3. The van der Waals surface area contributed by atoms with Crippen LogP contribution in [0.15, 0.2) is 9.59 Å². The van der Waals surface area contributed by atoms with E-state index in [1.807, 2.05) is 13.8 Å². The number of anilines is 2. The molecule has 0 spiro atoms. The zero-order chi connectivity index (χ0) is 16.2. The maximum Gasteiger partial charge on any atom is 0.332 e. The summed E-state index contributed by atoms with van der Waals surface area (Å²) in [6.45, 7) is 8.78. The van der Waals surface area contributed by atoms with Gasteiger partial charge in [0.1, 0.15) is 11.5 Å². The van der Waals surface area contributed by atoms with Crippen molar-refractivity contribution in [3.8, 4) is 0 Å². The Bertz CT molecular complexity index is 585. The zero-order valence-corrected chi connectivity index (χ0v) is 13.8. The van der Waals surface area contributed by atoms with E-state index in [0.29, 0.717) is 18.2 Å². The molecule has 0 aliphatic carbocycles. The monoisotopic (exact) mass is 296 g/mol. The van der Waals surface area contributed by atoms with Gasteiger partial charge in [-0.25, -0.2) is 4.79 Å². The molecule has 1 atom stereocenters. The molecular formula is C15H28N4O2. The van der Waals surface area contributed by atoms with Crippen LogP contribution in [0.5, 0.6) is 0 Å². The number of hydrogen-bond acceptors (Lipinski definition) is 4. The molecule has 6 heteroatoms. The predicted octanol–water partition coefficient (Wildman–Crippen LogP) is 1.78. The number of nitrogens with zero attached hydrogens (tertiary/aromatic N) is 2. The first-order chi connectivity index (χ1) is 9.88. The van der Waals surface area contributed by atoms with Gasteiger partial charge in [0.05, 0.1) is 0 Å². The lowest BCUT2D eigenvalue weighted by Crippen LogP contribution is -2.42. The number of nitrogen functional groups attached to an aromatic ring is 1. The Balaban J connectivity index is 3.30. The van der Waals surface area contributed by atoms with Gasteiger partial charge in [0.2, 0.25) is 0 Å². The molecule has 0 fully saturated rings. The fourth-order valence-electron chi connectivity index (χ4n) is 2.70. The van der Waals surface area contributed by atoms with Crippen molar-refractivity contribution in [2.45, 2.75) is 59.5 Å². The van der Waals surface area contributed by atoms with Crippen LogP contribution in [-0.2, 0) is 13.6 Å². The van der Waals surface area contributed by atoms with E-state index in [1.54, 1.807) is 0 Å². The van der Waals surface area contributed by atoms with Crippen LogP contribution in [-0.4, -0.2) is 15.2 Å². The van der Waals surface area contributed by atoms with Crippen LogP contribution in [0.1, 0.15) is 47.0 Å². The van der Waals surface area contributed by atoms with E-state index < -0.39 is 0 Å². The second kappa shape index (κ2) is 7.33. The van der Waals surface area contributed by atoms with Crippen molar-refractivity contribution in [2.75, 3.05) is 11.1 Å². The SMILES string of the molecule is CCCn1c(N)c(NC(C)C(CC)CC)c(=O)n(C)c1=O. The lowest BCUT2D eigenvalue weighted by Gasteiger charge is -2.25. The molecule has 6 nitrogen and oxygen atoms in total. The van der Waals surface area contributed by atoms with E-state index in [0.717, 1.165) is 23.8 Å². The van der Waals surface area contributed by atoms with E-state index in [4.69, 9.17) is 5.73 Å². The molecular weight excluding hydrogens is 268 g/mol. The normalized spacial score (nSPS) is 12.7. The molecule has 0 aliphatic heterocycles. The fourth-order valence-corrected chi connectivity index (χ4v) is 2.70. The van der Waals surface area contributed by atoms with Crippen LogP contribution < -0.4 is 22.3 Å².